The van der Waals surface area contributed by atoms with Crippen LogP contribution in [0, 0.1) is 11.6 Å². The summed E-state index contributed by atoms with van der Waals surface area (Å²) in [7, 11) is 1.13. The Morgan fingerprint density at radius 1 is 1.20 bits per heavy atom. The molecule has 10 nitrogen and oxygen atoms in total. The smallest absolute Gasteiger partial charge is 0.451 e. The largest absolute Gasteiger partial charge is 0.510 e. The number of morpholine rings is 1. The first-order valence-electron chi connectivity index (χ1n) is 12.4. The minimum Gasteiger partial charge on any atom is -0.451 e. The van der Waals surface area contributed by atoms with Crippen molar-refractivity contribution in [2.24, 2.45) is 0 Å². The number of hydrogen-bond donors (Lipinski definition) is 1. The summed E-state index contributed by atoms with van der Waals surface area (Å²) >= 11 is 1.37. The van der Waals surface area contributed by atoms with Gasteiger partial charge in [0, 0.05) is 34.4 Å². The number of ether oxygens (including phenoxy) is 4. The monoisotopic (exact) mass is 571 g/mol. The molecule has 2 aromatic carbocycles. The van der Waals surface area contributed by atoms with Gasteiger partial charge < -0.3 is 29.3 Å². The lowest BCUT2D eigenvalue weighted by atomic mass is 9.94. The van der Waals surface area contributed by atoms with Crippen LogP contribution in [0.15, 0.2) is 46.1 Å². The van der Waals surface area contributed by atoms with Gasteiger partial charge in [-0.05, 0) is 29.7 Å². The highest BCUT2D eigenvalue weighted by Crippen LogP contribution is 2.40. The number of halogens is 2. The topological polar surface area (TPSA) is 108 Å². The second kappa shape index (κ2) is 10.5. The second-order valence-corrected chi connectivity index (χ2v) is 10.2. The van der Waals surface area contributed by atoms with Gasteiger partial charge >= 0.3 is 6.16 Å². The molecule has 3 aliphatic rings. The van der Waals surface area contributed by atoms with E-state index < -0.39 is 42.1 Å². The maximum atomic E-state index is 14.7. The van der Waals surface area contributed by atoms with Gasteiger partial charge in [-0.15, -0.1) is 11.8 Å². The third-order valence-corrected chi connectivity index (χ3v) is 8.16. The van der Waals surface area contributed by atoms with Gasteiger partial charge in [0.2, 0.25) is 18.0 Å². The van der Waals surface area contributed by atoms with Crippen LogP contribution < -0.4 is 15.6 Å². The van der Waals surface area contributed by atoms with Crippen molar-refractivity contribution in [1.82, 2.24) is 9.58 Å². The summed E-state index contributed by atoms with van der Waals surface area (Å²) in [4.78, 5) is 40.9. The van der Waals surface area contributed by atoms with Crippen molar-refractivity contribution in [1.29, 1.82) is 0 Å². The molecule has 3 aromatic rings. The Labute approximate surface area is 230 Å². The van der Waals surface area contributed by atoms with Crippen LogP contribution in [0.1, 0.15) is 27.2 Å². The van der Waals surface area contributed by atoms with Crippen molar-refractivity contribution in [2.45, 2.75) is 23.2 Å². The standard InChI is InChI=1S/C27H23F2N3O7S/c1-36-27(35)39-13-38-25-20(33)10-19(32-24(25)26(34)31-7-8-37-11-22(31)30-32)15-3-2-4-21-16(15)9-14-5-6-18(28)23(29)17(14)12-40-21/h2-6,10,22,30H,7-9,11-13H2,1H3/t22-/m0/s1. The van der Waals surface area contributed by atoms with Crippen LogP contribution in [0.3, 0.4) is 0 Å². The summed E-state index contributed by atoms with van der Waals surface area (Å²) in [5.74, 6) is -2.29. The molecule has 0 saturated carbocycles. The van der Waals surface area contributed by atoms with E-state index in [1.54, 1.807) is 17.0 Å². The first-order valence-corrected chi connectivity index (χ1v) is 13.4. The van der Waals surface area contributed by atoms with Crippen molar-refractivity contribution in [2.75, 3.05) is 39.1 Å². The zero-order valence-electron chi connectivity index (χ0n) is 21.2. The highest BCUT2D eigenvalue weighted by Gasteiger charge is 2.39. The van der Waals surface area contributed by atoms with Crippen LogP contribution in [-0.4, -0.2) is 61.5 Å². The van der Waals surface area contributed by atoms with Crippen LogP contribution >= 0.6 is 11.8 Å². The number of nitrogens with zero attached hydrogens (tertiary/aromatic N) is 2. The van der Waals surface area contributed by atoms with Crippen molar-refractivity contribution in [3.63, 3.8) is 0 Å². The summed E-state index contributed by atoms with van der Waals surface area (Å²) in [6, 6.07) is 9.51. The lowest BCUT2D eigenvalue weighted by Crippen LogP contribution is -2.59. The first-order chi connectivity index (χ1) is 19.4. The summed E-state index contributed by atoms with van der Waals surface area (Å²) in [5.41, 5.74) is 5.32. The molecule has 3 aliphatic heterocycles. The normalized spacial score (nSPS) is 17.4. The number of hydrogen-bond acceptors (Lipinski definition) is 9. The summed E-state index contributed by atoms with van der Waals surface area (Å²) < 4.78 is 50.4. The number of carbonyl (C=O) groups is 2. The van der Waals surface area contributed by atoms with Crippen molar-refractivity contribution >= 4 is 23.8 Å². The Balaban J connectivity index is 1.50. The van der Waals surface area contributed by atoms with E-state index in [4.69, 9.17) is 14.2 Å². The number of nitrogens with one attached hydrogen (secondary N) is 1. The van der Waals surface area contributed by atoms with Gasteiger partial charge in [0.05, 0.1) is 26.0 Å². The molecule has 1 saturated heterocycles. The minimum atomic E-state index is -1.01. The number of thioether (sulfide) groups is 1. The third kappa shape index (κ3) is 4.44. The molecule has 1 aromatic heterocycles. The van der Waals surface area contributed by atoms with Crippen molar-refractivity contribution < 1.29 is 37.3 Å². The molecule has 0 aliphatic carbocycles. The molecule has 1 fully saturated rings. The Bertz CT molecular complexity index is 1600. The van der Waals surface area contributed by atoms with E-state index in [0.717, 1.165) is 23.6 Å². The zero-order chi connectivity index (χ0) is 28.0. The number of rotatable bonds is 4. The lowest BCUT2D eigenvalue weighted by Gasteiger charge is -2.42. The number of amides is 1. The third-order valence-electron chi connectivity index (χ3n) is 7.03. The zero-order valence-corrected chi connectivity index (χ0v) is 22.0. The SMILES string of the molecule is COC(=O)OCOc1c2n(c(-c3cccc4c3Cc3ccc(F)c(F)c3CS4)cc1=O)N[C@@H]1COCCN1C2=O. The highest BCUT2D eigenvalue weighted by molar-refractivity contribution is 7.98. The number of aromatic nitrogens is 1. The Kier molecular flexibility index (Phi) is 6.84. The molecule has 208 valence electrons. The fraction of sp³-hybridized carbons (Fsp3) is 0.296. The van der Waals surface area contributed by atoms with E-state index >= 15 is 0 Å². The van der Waals surface area contributed by atoms with E-state index in [0.29, 0.717) is 35.5 Å². The molecule has 0 radical (unpaired) electrons. The number of pyridine rings is 1. The van der Waals surface area contributed by atoms with Gasteiger partial charge in [0.25, 0.3) is 5.91 Å². The van der Waals surface area contributed by atoms with E-state index in [9.17, 15) is 23.2 Å². The molecule has 0 spiro atoms. The van der Waals surface area contributed by atoms with Crippen LogP contribution in [-0.2, 0) is 26.4 Å². The van der Waals surface area contributed by atoms with Crippen molar-refractivity contribution in [3.8, 4) is 17.0 Å². The summed E-state index contributed by atoms with van der Waals surface area (Å²) in [5, 5.41) is 0. The highest BCUT2D eigenvalue weighted by atomic mass is 32.2. The molecule has 6 rings (SSSR count). The molecule has 40 heavy (non-hydrogen) atoms. The van der Waals surface area contributed by atoms with Crippen molar-refractivity contribution in [3.05, 3.63) is 80.6 Å². The molecule has 0 unspecified atom stereocenters. The van der Waals surface area contributed by atoms with E-state index in [-0.39, 0.29) is 30.2 Å². The fourth-order valence-corrected chi connectivity index (χ4v) is 6.25. The van der Waals surface area contributed by atoms with E-state index in [1.165, 1.54) is 22.5 Å². The van der Waals surface area contributed by atoms with Gasteiger partial charge in [-0.3, -0.25) is 9.59 Å². The molecule has 0 bridgehead atoms. The maximum absolute atomic E-state index is 14.7. The van der Waals surface area contributed by atoms with E-state index in [1.807, 2.05) is 12.1 Å². The predicted octanol–water partition coefficient (Wildman–Crippen LogP) is 3.46. The number of methoxy groups -OCH3 is 1. The average Bonchev–Trinajstić information content (AvgIpc) is 3.16. The lowest BCUT2D eigenvalue weighted by molar-refractivity contribution is -0.00480. The molecule has 4 heterocycles. The molecule has 13 heteroatoms. The number of benzene rings is 2. The summed E-state index contributed by atoms with van der Waals surface area (Å²) in [6.45, 7) is 0.197. The predicted molar refractivity (Wildman–Crippen MR) is 139 cm³/mol. The van der Waals surface area contributed by atoms with Gasteiger partial charge in [0.1, 0.15) is 6.17 Å². The summed E-state index contributed by atoms with van der Waals surface area (Å²) in [6.07, 6.45) is -1.24. The second-order valence-electron chi connectivity index (χ2n) is 9.23. The fourth-order valence-electron chi connectivity index (χ4n) is 5.11. The molecular weight excluding hydrogens is 548 g/mol. The number of fused-ring (bicyclic) bond motifs is 4. The van der Waals surface area contributed by atoms with Gasteiger partial charge in [0.15, 0.2) is 17.3 Å². The molecule has 1 atom stereocenters. The maximum Gasteiger partial charge on any atom is 0.510 e. The average molecular weight is 572 g/mol. The van der Waals surface area contributed by atoms with Crippen LogP contribution in [0.2, 0.25) is 0 Å². The van der Waals surface area contributed by atoms with Crippen LogP contribution in [0.25, 0.3) is 11.3 Å². The Morgan fingerprint density at radius 3 is 2.88 bits per heavy atom. The molecule has 1 N–H and O–H groups in total. The van der Waals surface area contributed by atoms with Crippen LogP contribution in [0.4, 0.5) is 13.6 Å². The van der Waals surface area contributed by atoms with Gasteiger partial charge in [-0.2, -0.15) is 0 Å². The first kappa shape index (κ1) is 26.1. The Morgan fingerprint density at radius 2 is 2.05 bits per heavy atom. The Hall–Kier alpha value is -4.10. The van der Waals surface area contributed by atoms with Gasteiger partial charge in [-0.25, -0.2) is 18.3 Å². The van der Waals surface area contributed by atoms with Crippen LogP contribution in [0.5, 0.6) is 5.75 Å². The molecule has 1 amide bonds. The number of carbonyl (C=O) groups excluding carboxylic acids is 2. The molecular formula is C27H23F2N3O7S. The quantitative estimate of drug-likeness (QED) is 0.372. The van der Waals surface area contributed by atoms with Gasteiger partial charge in [-0.1, -0.05) is 18.2 Å². The minimum absolute atomic E-state index is 0.0680. The van der Waals surface area contributed by atoms with E-state index in [2.05, 4.69) is 10.2 Å².